The number of carbonyl (C=O) groups excluding carboxylic acids is 2. The van der Waals surface area contributed by atoms with Crippen LogP contribution in [0.15, 0.2) is 18.2 Å². The van der Waals surface area contributed by atoms with Gasteiger partial charge >= 0.3 is 0 Å². The zero-order chi connectivity index (χ0) is 19.4. The van der Waals surface area contributed by atoms with Gasteiger partial charge in [0.05, 0.1) is 5.56 Å². The molecule has 5 nitrogen and oxygen atoms in total. The highest BCUT2D eigenvalue weighted by Gasteiger charge is 2.47. The van der Waals surface area contributed by atoms with Crippen LogP contribution in [0.25, 0.3) is 0 Å². The Bertz CT molecular complexity index is 698. The van der Waals surface area contributed by atoms with Gasteiger partial charge in [-0.15, -0.1) is 0 Å². The molecule has 1 aromatic rings. The predicted molar refractivity (Wildman–Crippen MR) is 98.0 cm³/mol. The molecule has 3 rings (SSSR count). The lowest BCUT2D eigenvalue weighted by Gasteiger charge is -2.33. The van der Waals surface area contributed by atoms with Gasteiger partial charge in [-0.25, -0.2) is 8.78 Å². The van der Waals surface area contributed by atoms with Gasteiger partial charge in [-0.1, -0.05) is 12.8 Å². The van der Waals surface area contributed by atoms with Gasteiger partial charge in [-0.3, -0.25) is 9.59 Å². The number of amides is 2. The average molecular weight is 379 g/mol. The molecule has 27 heavy (non-hydrogen) atoms. The van der Waals surface area contributed by atoms with Crippen molar-refractivity contribution in [2.24, 2.45) is 11.7 Å². The van der Waals surface area contributed by atoms with E-state index in [2.05, 4.69) is 5.32 Å². The maximum Gasteiger partial charge on any atom is 0.257 e. The quantitative estimate of drug-likeness (QED) is 0.746. The van der Waals surface area contributed by atoms with E-state index in [0.717, 1.165) is 44.6 Å². The summed E-state index contributed by atoms with van der Waals surface area (Å²) in [7, 11) is 0. The van der Waals surface area contributed by atoms with Crippen LogP contribution in [0.4, 0.5) is 8.78 Å². The second kappa shape index (κ2) is 8.78. The molecule has 1 aliphatic heterocycles. The molecule has 2 fully saturated rings. The van der Waals surface area contributed by atoms with E-state index in [1.54, 1.807) is 4.90 Å². The van der Waals surface area contributed by atoms with Gasteiger partial charge in [0.25, 0.3) is 5.91 Å². The highest BCUT2D eigenvalue weighted by Crippen LogP contribution is 2.40. The standard InChI is InChI=1S/C20H27F2N3O2/c21-14-7-8-15(16(22)12-14)20(27)25-17-6-2-1-5-13(17)11-18(25)19(26)24-10-4-3-9-23/h7-8,12-13,17-18H,1-6,9-11,23H2,(H,24,26). The van der Waals surface area contributed by atoms with Gasteiger partial charge in [0, 0.05) is 18.7 Å². The summed E-state index contributed by atoms with van der Waals surface area (Å²) >= 11 is 0. The monoisotopic (exact) mass is 379 g/mol. The van der Waals surface area contributed by atoms with Crippen LogP contribution in [0.1, 0.15) is 55.3 Å². The summed E-state index contributed by atoms with van der Waals surface area (Å²) in [5.41, 5.74) is 5.29. The van der Waals surface area contributed by atoms with Gasteiger partial charge in [-0.2, -0.15) is 0 Å². The Morgan fingerprint density at radius 1 is 1.19 bits per heavy atom. The largest absolute Gasteiger partial charge is 0.354 e. The van der Waals surface area contributed by atoms with Crippen molar-refractivity contribution in [2.45, 2.75) is 57.0 Å². The second-order valence-electron chi connectivity index (χ2n) is 7.49. The van der Waals surface area contributed by atoms with Crippen LogP contribution in [0.2, 0.25) is 0 Å². The van der Waals surface area contributed by atoms with E-state index in [0.29, 0.717) is 25.6 Å². The van der Waals surface area contributed by atoms with Crippen LogP contribution in [0, 0.1) is 17.6 Å². The lowest BCUT2D eigenvalue weighted by atomic mass is 9.84. The topological polar surface area (TPSA) is 75.4 Å². The molecular formula is C20H27F2N3O2. The molecule has 1 saturated heterocycles. The minimum Gasteiger partial charge on any atom is -0.354 e. The lowest BCUT2D eigenvalue weighted by molar-refractivity contribution is -0.125. The molecule has 3 atom stereocenters. The summed E-state index contributed by atoms with van der Waals surface area (Å²) < 4.78 is 27.4. The highest BCUT2D eigenvalue weighted by atomic mass is 19.1. The number of likely N-dealkylation sites (tertiary alicyclic amines) is 1. The number of halogens is 2. The number of nitrogens with zero attached hydrogens (tertiary/aromatic N) is 1. The molecule has 3 unspecified atom stereocenters. The molecule has 3 N–H and O–H groups in total. The normalized spacial score (nSPS) is 24.6. The third-order valence-electron chi connectivity index (χ3n) is 5.72. The molecule has 1 heterocycles. The number of fused-ring (bicyclic) bond motifs is 1. The first kappa shape index (κ1) is 19.7. The van der Waals surface area contributed by atoms with Gasteiger partial charge in [0.1, 0.15) is 17.7 Å². The van der Waals surface area contributed by atoms with E-state index in [9.17, 15) is 18.4 Å². The fourth-order valence-corrected chi connectivity index (χ4v) is 4.39. The number of hydrogen-bond acceptors (Lipinski definition) is 3. The Balaban J connectivity index is 1.80. The van der Waals surface area contributed by atoms with E-state index >= 15 is 0 Å². The molecule has 0 spiro atoms. The number of benzene rings is 1. The number of nitrogens with two attached hydrogens (primary N) is 1. The van der Waals surface area contributed by atoms with E-state index in [1.165, 1.54) is 6.07 Å². The van der Waals surface area contributed by atoms with E-state index in [1.807, 2.05) is 0 Å². The van der Waals surface area contributed by atoms with Crippen molar-refractivity contribution >= 4 is 11.8 Å². The Morgan fingerprint density at radius 3 is 2.70 bits per heavy atom. The van der Waals surface area contributed by atoms with Crippen LogP contribution < -0.4 is 11.1 Å². The first-order valence-corrected chi connectivity index (χ1v) is 9.78. The zero-order valence-electron chi connectivity index (χ0n) is 15.4. The average Bonchev–Trinajstić information content (AvgIpc) is 3.04. The Hall–Kier alpha value is -2.02. The molecule has 148 valence electrons. The van der Waals surface area contributed by atoms with Crippen LogP contribution in [0.3, 0.4) is 0 Å². The Kier molecular flexibility index (Phi) is 6.42. The molecule has 0 aromatic heterocycles. The van der Waals surface area contributed by atoms with E-state index < -0.39 is 23.6 Å². The van der Waals surface area contributed by atoms with Crippen molar-refractivity contribution in [3.8, 4) is 0 Å². The van der Waals surface area contributed by atoms with Crippen LogP contribution in [-0.4, -0.2) is 41.9 Å². The summed E-state index contributed by atoms with van der Waals surface area (Å²) in [5.74, 6) is -2.08. The van der Waals surface area contributed by atoms with Crippen molar-refractivity contribution in [3.63, 3.8) is 0 Å². The Morgan fingerprint density at radius 2 is 1.96 bits per heavy atom. The summed E-state index contributed by atoms with van der Waals surface area (Å²) in [4.78, 5) is 27.4. The molecule has 2 amide bonds. The SMILES string of the molecule is NCCCCNC(=O)C1CC2CCCCC2N1C(=O)c1ccc(F)cc1F. The second-order valence-corrected chi connectivity index (χ2v) is 7.49. The fourth-order valence-electron chi connectivity index (χ4n) is 4.39. The maximum absolute atomic E-state index is 14.2. The van der Waals surface area contributed by atoms with Gasteiger partial charge in [0.15, 0.2) is 0 Å². The van der Waals surface area contributed by atoms with Gasteiger partial charge in [-0.05, 0) is 56.7 Å². The first-order chi connectivity index (χ1) is 13.0. The number of nitrogens with one attached hydrogen (secondary N) is 1. The number of carbonyl (C=O) groups is 2. The summed E-state index contributed by atoms with van der Waals surface area (Å²) in [6.45, 7) is 1.08. The van der Waals surface area contributed by atoms with E-state index in [-0.39, 0.29) is 23.4 Å². The maximum atomic E-state index is 14.2. The lowest BCUT2D eigenvalue weighted by Crippen LogP contribution is -2.50. The third kappa shape index (κ3) is 4.29. The summed E-state index contributed by atoms with van der Waals surface area (Å²) in [6.07, 6.45) is 6.05. The smallest absolute Gasteiger partial charge is 0.257 e. The molecule has 1 aromatic carbocycles. The number of hydrogen-bond donors (Lipinski definition) is 2. The van der Waals surface area contributed by atoms with Crippen LogP contribution >= 0.6 is 0 Å². The van der Waals surface area contributed by atoms with Gasteiger partial charge in [0.2, 0.25) is 5.91 Å². The molecule has 1 saturated carbocycles. The minimum atomic E-state index is -0.888. The van der Waals surface area contributed by atoms with Crippen molar-refractivity contribution < 1.29 is 18.4 Å². The van der Waals surface area contributed by atoms with Crippen molar-refractivity contribution in [3.05, 3.63) is 35.4 Å². The molecule has 0 radical (unpaired) electrons. The minimum absolute atomic E-state index is 0.0597. The summed E-state index contributed by atoms with van der Waals surface area (Å²) in [6, 6.07) is 2.29. The van der Waals surface area contributed by atoms with Crippen molar-refractivity contribution in [1.82, 2.24) is 10.2 Å². The van der Waals surface area contributed by atoms with Crippen molar-refractivity contribution in [1.29, 1.82) is 0 Å². The van der Waals surface area contributed by atoms with Crippen LogP contribution in [-0.2, 0) is 4.79 Å². The summed E-state index contributed by atoms with van der Waals surface area (Å²) in [5, 5.41) is 2.89. The van der Waals surface area contributed by atoms with Crippen LogP contribution in [0.5, 0.6) is 0 Å². The van der Waals surface area contributed by atoms with E-state index in [4.69, 9.17) is 5.73 Å². The van der Waals surface area contributed by atoms with Crippen molar-refractivity contribution in [2.75, 3.05) is 13.1 Å². The number of rotatable bonds is 6. The third-order valence-corrected chi connectivity index (χ3v) is 5.72. The highest BCUT2D eigenvalue weighted by molar-refractivity contribution is 5.98. The first-order valence-electron chi connectivity index (χ1n) is 9.78. The fraction of sp³-hybridized carbons (Fsp3) is 0.600. The predicted octanol–water partition coefficient (Wildman–Crippen LogP) is 2.59. The number of unbranched alkanes of at least 4 members (excludes halogenated alkanes) is 1. The molecule has 7 heteroatoms. The molecular weight excluding hydrogens is 352 g/mol. The Labute approximate surface area is 158 Å². The zero-order valence-corrected chi connectivity index (χ0v) is 15.4. The van der Waals surface area contributed by atoms with Gasteiger partial charge < -0.3 is 16.0 Å². The molecule has 1 aliphatic carbocycles. The molecule has 0 bridgehead atoms. The molecule has 2 aliphatic rings.